The third-order valence-electron chi connectivity index (χ3n) is 4.84. The molecule has 0 aromatic carbocycles. The van der Waals surface area contributed by atoms with Crippen molar-refractivity contribution in [2.75, 3.05) is 20.1 Å². The van der Waals surface area contributed by atoms with E-state index in [1.165, 1.54) is 31.8 Å². The minimum atomic E-state index is -0.672. The topological polar surface area (TPSA) is 58.4 Å². The van der Waals surface area contributed by atoms with Crippen LogP contribution in [0.25, 0.3) is 0 Å². The number of aliphatic carboxylic acids is 1. The number of imidazole rings is 1. The van der Waals surface area contributed by atoms with Crippen molar-refractivity contribution in [1.29, 1.82) is 0 Å². The fraction of sp³-hybridized carbons (Fsp3) is 0.733. The first kappa shape index (κ1) is 13.6. The van der Waals surface area contributed by atoms with Gasteiger partial charge in [0.2, 0.25) is 0 Å². The number of piperidine rings is 1. The van der Waals surface area contributed by atoms with Gasteiger partial charge in [0.25, 0.3) is 0 Å². The van der Waals surface area contributed by atoms with E-state index in [4.69, 9.17) is 5.11 Å². The van der Waals surface area contributed by atoms with Crippen LogP contribution in [0.5, 0.6) is 0 Å². The van der Waals surface area contributed by atoms with Crippen LogP contribution in [-0.2, 0) is 24.2 Å². The molecule has 5 heteroatoms. The SMILES string of the molecule is CN1CCC(Cc2ncc3n2CCC(C(=O)O)C3)CC1. The van der Waals surface area contributed by atoms with Crippen molar-refractivity contribution in [3.63, 3.8) is 0 Å². The lowest BCUT2D eigenvalue weighted by atomic mass is 9.93. The zero-order chi connectivity index (χ0) is 14.1. The monoisotopic (exact) mass is 277 g/mol. The molecule has 2 aliphatic rings. The molecule has 5 nitrogen and oxygen atoms in total. The molecule has 0 spiro atoms. The number of hydrogen-bond acceptors (Lipinski definition) is 3. The summed E-state index contributed by atoms with van der Waals surface area (Å²) in [4.78, 5) is 18.0. The Bertz CT molecular complexity index is 489. The summed E-state index contributed by atoms with van der Waals surface area (Å²) in [6.45, 7) is 3.17. The summed E-state index contributed by atoms with van der Waals surface area (Å²) in [6, 6.07) is 0. The van der Waals surface area contributed by atoms with Crippen molar-refractivity contribution in [1.82, 2.24) is 14.5 Å². The predicted molar refractivity (Wildman–Crippen MR) is 75.6 cm³/mol. The summed E-state index contributed by atoms with van der Waals surface area (Å²) in [5.74, 6) is 0.998. The third kappa shape index (κ3) is 2.73. The molecule has 0 aliphatic carbocycles. The minimum Gasteiger partial charge on any atom is -0.481 e. The molecular formula is C15H23N3O2. The van der Waals surface area contributed by atoms with Crippen LogP contribution in [0.4, 0.5) is 0 Å². The standard InChI is InChI=1S/C15H23N3O2/c1-17-5-2-11(3-6-17)8-14-16-10-13-9-12(15(19)20)4-7-18(13)14/h10-12H,2-9H2,1H3,(H,19,20). The van der Waals surface area contributed by atoms with E-state index >= 15 is 0 Å². The van der Waals surface area contributed by atoms with Crippen LogP contribution in [-0.4, -0.2) is 45.7 Å². The Morgan fingerprint density at radius 2 is 2.10 bits per heavy atom. The van der Waals surface area contributed by atoms with E-state index in [2.05, 4.69) is 21.5 Å². The maximum atomic E-state index is 11.1. The van der Waals surface area contributed by atoms with Gasteiger partial charge in [-0.2, -0.15) is 0 Å². The molecule has 1 saturated heterocycles. The molecule has 3 rings (SSSR count). The molecule has 0 radical (unpaired) electrons. The highest BCUT2D eigenvalue weighted by molar-refractivity contribution is 5.70. The smallest absolute Gasteiger partial charge is 0.306 e. The van der Waals surface area contributed by atoms with Crippen molar-refractivity contribution < 1.29 is 9.90 Å². The quantitative estimate of drug-likeness (QED) is 0.907. The zero-order valence-electron chi connectivity index (χ0n) is 12.1. The van der Waals surface area contributed by atoms with Gasteiger partial charge in [0.1, 0.15) is 5.82 Å². The Morgan fingerprint density at radius 3 is 2.80 bits per heavy atom. The first-order chi connectivity index (χ1) is 9.63. The lowest BCUT2D eigenvalue weighted by Crippen LogP contribution is -2.32. The van der Waals surface area contributed by atoms with Crippen molar-refractivity contribution in [3.8, 4) is 0 Å². The van der Waals surface area contributed by atoms with Crippen LogP contribution in [0.1, 0.15) is 30.8 Å². The van der Waals surface area contributed by atoms with Gasteiger partial charge in [-0.3, -0.25) is 4.79 Å². The number of aromatic nitrogens is 2. The Labute approximate surface area is 119 Å². The molecule has 0 bridgehead atoms. The molecule has 2 aliphatic heterocycles. The second kappa shape index (κ2) is 5.56. The number of rotatable bonds is 3. The first-order valence-electron chi connectivity index (χ1n) is 7.58. The second-order valence-corrected chi connectivity index (χ2v) is 6.30. The fourth-order valence-corrected chi connectivity index (χ4v) is 3.43. The maximum Gasteiger partial charge on any atom is 0.306 e. The maximum absolute atomic E-state index is 11.1. The van der Waals surface area contributed by atoms with Gasteiger partial charge in [-0.1, -0.05) is 0 Å². The van der Waals surface area contributed by atoms with Crippen molar-refractivity contribution in [3.05, 3.63) is 17.7 Å². The van der Waals surface area contributed by atoms with Crippen LogP contribution < -0.4 is 0 Å². The molecule has 20 heavy (non-hydrogen) atoms. The highest BCUT2D eigenvalue weighted by atomic mass is 16.4. The average Bonchev–Trinajstić information content (AvgIpc) is 2.84. The molecule has 1 aromatic heterocycles. The second-order valence-electron chi connectivity index (χ2n) is 6.30. The van der Waals surface area contributed by atoms with Gasteiger partial charge in [-0.25, -0.2) is 4.98 Å². The Hall–Kier alpha value is -1.36. The Kier molecular flexibility index (Phi) is 3.78. The van der Waals surface area contributed by atoms with Crippen molar-refractivity contribution in [2.45, 2.75) is 38.6 Å². The summed E-state index contributed by atoms with van der Waals surface area (Å²) in [5.41, 5.74) is 1.10. The molecule has 3 heterocycles. The molecule has 110 valence electrons. The van der Waals surface area contributed by atoms with E-state index in [9.17, 15) is 4.79 Å². The summed E-state index contributed by atoms with van der Waals surface area (Å²) in [6.07, 6.45) is 6.80. The van der Waals surface area contributed by atoms with Gasteiger partial charge < -0.3 is 14.6 Å². The number of carbonyl (C=O) groups is 1. The largest absolute Gasteiger partial charge is 0.481 e. The molecule has 1 fully saturated rings. The van der Waals surface area contributed by atoms with Crippen molar-refractivity contribution >= 4 is 5.97 Å². The summed E-state index contributed by atoms with van der Waals surface area (Å²) in [7, 11) is 2.18. The highest BCUT2D eigenvalue weighted by Crippen LogP contribution is 2.25. The average molecular weight is 277 g/mol. The summed E-state index contributed by atoms with van der Waals surface area (Å²) in [5, 5.41) is 9.12. The van der Waals surface area contributed by atoms with Crippen LogP contribution in [0.3, 0.4) is 0 Å². The van der Waals surface area contributed by atoms with E-state index in [0.29, 0.717) is 6.42 Å². The molecular weight excluding hydrogens is 254 g/mol. The lowest BCUT2D eigenvalue weighted by Gasteiger charge is -2.29. The third-order valence-corrected chi connectivity index (χ3v) is 4.84. The van der Waals surface area contributed by atoms with E-state index < -0.39 is 5.97 Å². The molecule has 1 unspecified atom stereocenters. The predicted octanol–water partition coefficient (Wildman–Crippen LogP) is 1.41. The van der Waals surface area contributed by atoms with Gasteiger partial charge in [0.15, 0.2) is 0 Å². The van der Waals surface area contributed by atoms with Gasteiger partial charge in [-0.05, 0) is 45.3 Å². The van der Waals surface area contributed by atoms with Crippen LogP contribution in [0, 0.1) is 11.8 Å². The Balaban J connectivity index is 1.66. The number of nitrogens with zero attached hydrogens (tertiary/aromatic N) is 3. The number of carboxylic acids is 1. The van der Waals surface area contributed by atoms with Crippen molar-refractivity contribution in [2.24, 2.45) is 11.8 Å². The van der Waals surface area contributed by atoms with Gasteiger partial charge >= 0.3 is 5.97 Å². The number of carboxylic acid groups (broad SMARTS) is 1. The summed E-state index contributed by atoms with van der Waals surface area (Å²) >= 11 is 0. The number of hydrogen-bond donors (Lipinski definition) is 1. The van der Waals surface area contributed by atoms with Gasteiger partial charge in [0, 0.05) is 31.3 Å². The molecule has 0 amide bonds. The molecule has 1 aromatic rings. The van der Waals surface area contributed by atoms with E-state index in [0.717, 1.165) is 31.0 Å². The Morgan fingerprint density at radius 1 is 1.35 bits per heavy atom. The highest BCUT2D eigenvalue weighted by Gasteiger charge is 2.27. The number of fused-ring (bicyclic) bond motifs is 1. The van der Waals surface area contributed by atoms with Crippen LogP contribution >= 0.6 is 0 Å². The normalized spacial score (nSPS) is 24.6. The molecule has 1 atom stereocenters. The van der Waals surface area contributed by atoms with E-state index in [1.807, 2.05) is 6.20 Å². The first-order valence-corrected chi connectivity index (χ1v) is 7.58. The fourth-order valence-electron chi connectivity index (χ4n) is 3.43. The lowest BCUT2D eigenvalue weighted by molar-refractivity contribution is -0.142. The van der Waals surface area contributed by atoms with Crippen LogP contribution in [0.15, 0.2) is 6.20 Å². The van der Waals surface area contributed by atoms with E-state index in [1.54, 1.807) is 0 Å². The minimum absolute atomic E-state index is 0.226. The van der Waals surface area contributed by atoms with Gasteiger partial charge in [0.05, 0.1) is 5.92 Å². The zero-order valence-corrected chi connectivity index (χ0v) is 12.1. The number of likely N-dealkylation sites (tertiary alicyclic amines) is 1. The van der Waals surface area contributed by atoms with Crippen LogP contribution in [0.2, 0.25) is 0 Å². The summed E-state index contributed by atoms with van der Waals surface area (Å²) < 4.78 is 2.26. The van der Waals surface area contributed by atoms with E-state index in [-0.39, 0.29) is 5.92 Å². The molecule has 1 N–H and O–H groups in total. The van der Waals surface area contributed by atoms with Gasteiger partial charge in [-0.15, -0.1) is 0 Å². The molecule has 0 saturated carbocycles.